The lowest BCUT2D eigenvalue weighted by Gasteiger charge is -2.26. The van der Waals surface area contributed by atoms with Crippen molar-refractivity contribution >= 4 is 40.9 Å². The van der Waals surface area contributed by atoms with Crippen LogP contribution in [0.25, 0.3) is 0 Å². The Balaban J connectivity index is 2.08. The number of hydrogen-bond donors (Lipinski definition) is 1. The fourth-order valence-corrected chi connectivity index (χ4v) is 3.39. The Morgan fingerprint density at radius 1 is 1.36 bits per heavy atom. The van der Waals surface area contributed by atoms with Gasteiger partial charge in [-0.3, -0.25) is 9.59 Å². The van der Waals surface area contributed by atoms with E-state index in [-0.39, 0.29) is 18.2 Å². The van der Waals surface area contributed by atoms with Crippen LogP contribution in [0.4, 0.5) is 5.69 Å². The number of hydrogen-bond acceptors (Lipinski definition) is 3. The summed E-state index contributed by atoms with van der Waals surface area (Å²) in [6.45, 7) is 8.16. The first-order chi connectivity index (χ1) is 10.5. The van der Waals surface area contributed by atoms with Gasteiger partial charge in [-0.1, -0.05) is 23.8 Å². The standard InChI is InChI=1S/C16H17ClN2O2S/c1-3-7-19(8-4-2)15(20)10-14-16(21)18-12-9-11(17)5-6-13(12)22-14/h3-6,9,14H,1-2,7-8,10H2,(H,18,21). The highest BCUT2D eigenvalue weighted by molar-refractivity contribution is 8.01. The zero-order valence-corrected chi connectivity index (χ0v) is 13.6. The normalized spacial score (nSPS) is 16.4. The van der Waals surface area contributed by atoms with E-state index < -0.39 is 5.25 Å². The number of rotatable bonds is 6. The maximum atomic E-state index is 12.3. The van der Waals surface area contributed by atoms with Crippen molar-refractivity contribution in [3.63, 3.8) is 0 Å². The van der Waals surface area contributed by atoms with Gasteiger partial charge < -0.3 is 10.2 Å². The number of fused-ring (bicyclic) bond motifs is 1. The van der Waals surface area contributed by atoms with Crippen LogP contribution in [0.15, 0.2) is 48.4 Å². The van der Waals surface area contributed by atoms with E-state index in [0.717, 1.165) is 4.90 Å². The molecule has 0 saturated heterocycles. The third-order valence-electron chi connectivity index (χ3n) is 3.17. The number of carbonyl (C=O) groups excluding carboxylic acids is 2. The minimum atomic E-state index is -0.446. The van der Waals surface area contributed by atoms with Crippen LogP contribution < -0.4 is 5.32 Å². The fourth-order valence-electron chi connectivity index (χ4n) is 2.13. The molecule has 0 spiro atoms. The van der Waals surface area contributed by atoms with Crippen molar-refractivity contribution in [2.75, 3.05) is 18.4 Å². The maximum Gasteiger partial charge on any atom is 0.238 e. The Labute approximate surface area is 139 Å². The van der Waals surface area contributed by atoms with Crippen LogP contribution in [-0.2, 0) is 9.59 Å². The fraction of sp³-hybridized carbons (Fsp3) is 0.250. The summed E-state index contributed by atoms with van der Waals surface area (Å²) >= 11 is 7.30. The summed E-state index contributed by atoms with van der Waals surface area (Å²) in [5.41, 5.74) is 0.695. The highest BCUT2D eigenvalue weighted by Crippen LogP contribution is 2.38. The SMILES string of the molecule is C=CCN(CC=C)C(=O)CC1Sc2ccc(Cl)cc2NC1=O. The van der Waals surface area contributed by atoms with Gasteiger partial charge in [0, 0.05) is 29.4 Å². The summed E-state index contributed by atoms with van der Waals surface area (Å²) in [5.74, 6) is -0.268. The summed E-state index contributed by atoms with van der Waals surface area (Å²) in [5, 5.41) is 2.92. The second-order valence-electron chi connectivity index (χ2n) is 4.82. The number of thioether (sulfide) groups is 1. The summed E-state index contributed by atoms with van der Waals surface area (Å²) in [7, 11) is 0. The van der Waals surface area contributed by atoms with Gasteiger partial charge in [0.05, 0.1) is 10.9 Å². The van der Waals surface area contributed by atoms with Gasteiger partial charge in [0.15, 0.2) is 0 Å². The van der Waals surface area contributed by atoms with Gasteiger partial charge >= 0.3 is 0 Å². The number of halogens is 1. The molecule has 1 atom stereocenters. The van der Waals surface area contributed by atoms with Crippen molar-refractivity contribution in [2.24, 2.45) is 0 Å². The number of nitrogens with one attached hydrogen (secondary N) is 1. The molecule has 6 heteroatoms. The predicted molar refractivity (Wildman–Crippen MR) is 91.3 cm³/mol. The Hall–Kier alpha value is -1.72. The van der Waals surface area contributed by atoms with Gasteiger partial charge in [-0.2, -0.15) is 0 Å². The van der Waals surface area contributed by atoms with E-state index in [1.54, 1.807) is 29.2 Å². The summed E-state index contributed by atoms with van der Waals surface area (Å²) in [6.07, 6.45) is 3.46. The number of carbonyl (C=O) groups is 2. The molecule has 0 saturated carbocycles. The molecule has 0 aliphatic carbocycles. The van der Waals surface area contributed by atoms with Crippen molar-refractivity contribution < 1.29 is 9.59 Å². The molecule has 2 rings (SSSR count). The van der Waals surface area contributed by atoms with Crippen LogP contribution in [0.5, 0.6) is 0 Å². The lowest BCUT2D eigenvalue weighted by molar-refractivity contribution is -0.131. The monoisotopic (exact) mass is 336 g/mol. The molecule has 0 fully saturated rings. The lowest BCUT2D eigenvalue weighted by atomic mass is 10.2. The Morgan fingerprint density at radius 3 is 2.68 bits per heavy atom. The van der Waals surface area contributed by atoms with E-state index in [2.05, 4.69) is 18.5 Å². The van der Waals surface area contributed by atoms with Crippen molar-refractivity contribution in [3.8, 4) is 0 Å². The number of nitrogens with zero attached hydrogens (tertiary/aromatic N) is 1. The van der Waals surface area contributed by atoms with Gasteiger partial charge in [0.25, 0.3) is 0 Å². The average Bonchev–Trinajstić information content (AvgIpc) is 2.48. The zero-order chi connectivity index (χ0) is 16.1. The van der Waals surface area contributed by atoms with E-state index >= 15 is 0 Å². The van der Waals surface area contributed by atoms with E-state index in [4.69, 9.17) is 11.6 Å². The van der Waals surface area contributed by atoms with Gasteiger partial charge in [0.2, 0.25) is 11.8 Å². The van der Waals surface area contributed by atoms with Crippen LogP contribution in [0.3, 0.4) is 0 Å². The molecule has 1 aliphatic rings. The molecule has 116 valence electrons. The maximum absolute atomic E-state index is 12.3. The third-order valence-corrected chi connectivity index (χ3v) is 4.68. The second kappa shape index (κ2) is 7.51. The molecule has 1 N–H and O–H groups in total. The van der Waals surface area contributed by atoms with Gasteiger partial charge in [-0.25, -0.2) is 0 Å². The zero-order valence-electron chi connectivity index (χ0n) is 12.0. The molecular formula is C16H17ClN2O2S. The third kappa shape index (κ3) is 3.93. The number of anilines is 1. The predicted octanol–water partition coefficient (Wildman–Crippen LogP) is 3.34. The quantitative estimate of drug-likeness (QED) is 0.810. The average molecular weight is 337 g/mol. The second-order valence-corrected chi connectivity index (χ2v) is 6.50. The summed E-state index contributed by atoms with van der Waals surface area (Å²) in [6, 6.07) is 5.33. The first-order valence-corrected chi connectivity index (χ1v) is 8.07. The highest BCUT2D eigenvalue weighted by Gasteiger charge is 2.30. The molecule has 1 aromatic rings. The highest BCUT2D eigenvalue weighted by atomic mass is 35.5. The smallest absolute Gasteiger partial charge is 0.238 e. The minimum absolute atomic E-state index is 0.0927. The lowest BCUT2D eigenvalue weighted by Crippen LogP contribution is -2.37. The van der Waals surface area contributed by atoms with Gasteiger partial charge in [0.1, 0.15) is 0 Å². The topological polar surface area (TPSA) is 49.4 Å². The first-order valence-electron chi connectivity index (χ1n) is 6.81. The minimum Gasteiger partial charge on any atom is -0.335 e. The summed E-state index contributed by atoms with van der Waals surface area (Å²) < 4.78 is 0. The van der Waals surface area contributed by atoms with Crippen LogP contribution in [0.1, 0.15) is 6.42 Å². The first kappa shape index (κ1) is 16.6. The molecule has 0 radical (unpaired) electrons. The van der Waals surface area contributed by atoms with Crippen LogP contribution >= 0.6 is 23.4 Å². The molecule has 2 amide bonds. The molecule has 22 heavy (non-hydrogen) atoms. The molecule has 0 bridgehead atoms. The van der Waals surface area contributed by atoms with Crippen molar-refractivity contribution in [3.05, 3.63) is 48.5 Å². The van der Waals surface area contributed by atoms with E-state index in [0.29, 0.717) is 23.8 Å². The van der Waals surface area contributed by atoms with E-state index in [1.807, 2.05) is 6.07 Å². The molecule has 1 aromatic carbocycles. The van der Waals surface area contributed by atoms with Crippen LogP contribution in [-0.4, -0.2) is 35.1 Å². The molecule has 4 nitrogen and oxygen atoms in total. The van der Waals surface area contributed by atoms with Crippen molar-refractivity contribution in [2.45, 2.75) is 16.6 Å². The van der Waals surface area contributed by atoms with Crippen molar-refractivity contribution in [1.82, 2.24) is 4.90 Å². The molecule has 0 aromatic heterocycles. The summed E-state index contributed by atoms with van der Waals surface area (Å²) in [4.78, 5) is 27.0. The molecule has 1 heterocycles. The van der Waals surface area contributed by atoms with E-state index in [9.17, 15) is 9.59 Å². The Bertz CT molecular complexity index is 608. The Kier molecular flexibility index (Phi) is 5.69. The van der Waals surface area contributed by atoms with Gasteiger partial charge in [-0.15, -0.1) is 24.9 Å². The number of amides is 2. The molecular weight excluding hydrogens is 320 g/mol. The van der Waals surface area contributed by atoms with Crippen molar-refractivity contribution in [1.29, 1.82) is 0 Å². The van der Waals surface area contributed by atoms with Gasteiger partial charge in [-0.05, 0) is 18.2 Å². The van der Waals surface area contributed by atoms with Crippen LogP contribution in [0.2, 0.25) is 5.02 Å². The Morgan fingerprint density at radius 2 is 2.05 bits per heavy atom. The molecule has 1 unspecified atom stereocenters. The number of benzene rings is 1. The largest absolute Gasteiger partial charge is 0.335 e. The van der Waals surface area contributed by atoms with E-state index in [1.165, 1.54) is 11.8 Å². The van der Waals surface area contributed by atoms with Crippen LogP contribution in [0, 0.1) is 0 Å². The molecule has 1 aliphatic heterocycles.